The van der Waals surface area contributed by atoms with Crippen molar-refractivity contribution in [2.45, 2.75) is 45.7 Å². The summed E-state index contributed by atoms with van der Waals surface area (Å²) in [6, 6.07) is 18.2. The quantitative estimate of drug-likeness (QED) is 0.319. The Hall–Kier alpha value is -3.94. The number of amides is 1. The second-order valence-electron chi connectivity index (χ2n) is 8.16. The summed E-state index contributed by atoms with van der Waals surface area (Å²) in [5, 5.41) is 13.9. The monoisotopic (exact) mass is 460 g/mol. The number of hydrogen-bond donors (Lipinski definition) is 1. The van der Waals surface area contributed by atoms with Gasteiger partial charge in [0, 0.05) is 35.7 Å². The van der Waals surface area contributed by atoms with Gasteiger partial charge in [0.05, 0.1) is 14.2 Å². The molecule has 0 aliphatic heterocycles. The molecule has 2 heterocycles. The molecule has 8 heteroatoms. The van der Waals surface area contributed by atoms with Crippen molar-refractivity contribution < 1.29 is 15.3 Å². The van der Waals surface area contributed by atoms with Crippen LogP contribution in [0.1, 0.15) is 49.8 Å². The van der Waals surface area contributed by atoms with Gasteiger partial charge in [-0.2, -0.15) is 5.21 Å². The molecule has 176 valence electrons. The van der Waals surface area contributed by atoms with Crippen molar-refractivity contribution in [1.82, 2.24) is 25.5 Å². The van der Waals surface area contributed by atoms with E-state index in [-0.39, 0.29) is 11.9 Å². The Balaban J connectivity index is 1.44. The molecule has 1 N–H and O–H groups in total. The third-order valence-corrected chi connectivity index (χ3v) is 5.37. The van der Waals surface area contributed by atoms with E-state index in [2.05, 4.69) is 20.6 Å². The minimum Gasteiger partial charge on any atom is -0.493 e. The molecule has 0 aliphatic carbocycles. The highest BCUT2D eigenvalue weighted by molar-refractivity contribution is 5.94. The number of nitrogens with zero attached hydrogens (tertiary/aromatic N) is 4. The smallest absolute Gasteiger partial charge is 0.254 e. The normalized spacial score (nSPS) is 12.4. The lowest BCUT2D eigenvalue weighted by Crippen LogP contribution is -2.36. The van der Waals surface area contributed by atoms with Crippen molar-refractivity contribution in [2.24, 2.45) is 0 Å². The van der Waals surface area contributed by atoms with Gasteiger partial charge in [-0.25, -0.2) is 0 Å². The molecule has 1 atom stereocenters. The number of para-hydroxylation sites is 1. The van der Waals surface area contributed by atoms with Crippen LogP contribution in [0.3, 0.4) is 0 Å². The van der Waals surface area contributed by atoms with Crippen molar-refractivity contribution in [3.8, 4) is 17.1 Å². The van der Waals surface area contributed by atoms with Crippen LogP contribution in [0.4, 0.5) is 0 Å². The van der Waals surface area contributed by atoms with Crippen LogP contribution < -0.4 is 4.74 Å². The summed E-state index contributed by atoms with van der Waals surface area (Å²) in [5.74, 6) is 1.82. The number of nitrogens with one attached hydrogen (secondary N) is 1. The highest BCUT2D eigenvalue weighted by atomic mass is 16.5. The minimum atomic E-state index is -0.914. The molecule has 0 aliphatic rings. The SMILES string of the molecule is [2H]C(c1ccccc1OCCCCc1nn[nH]n1)N(C(=O)c1ccc(-c2ccco2)cc1)C(C)C. The second-order valence-corrected chi connectivity index (χ2v) is 8.16. The van der Waals surface area contributed by atoms with E-state index in [4.69, 9.17) is 10.5 Å². The van der Waals surface area contributed by atoms with Gasteiger partial charge in [0.2, 0.25) is 0 Å². The highest BCUT2D eigenvalue weighted by Gasteiger charge is 2.21. The molecule has 4 aromatic rings. The fourth-order valence-corrected chi connectivity index (χ4v) is 3.54. The number of tetrazole rings is 1. The number of rotatable bonds is 11. The molecule has 4 rings (SSSR count). The van der Waals surface area contributed by atoms with Gasteiger partial charge in [0.15, 0.2) is 5.82 Å². The van der Waals surface area contributed by atoms with Gasteiger partial charge in [0.25, 0.3) is 5.91 Å². The molecule has 2 aromatic carbocycles. The standard InChI is InChI=1S/C26H29N5O3/c1-19(2)31(26(32)21-14-12-20(13-15-21)23-10-7-17-34-23)18-22-8-3-4-9-24(22)33-16-6-5-11-25-27-29-30-28-25/h3-4,7-10,12-15,17,19H,5-6,11,16,18H2,1-2H3,(H,27,28,29,30)/i18D. The van der Waals surface area contributed by atoms with E-state index < -0.39 is 6.52 Å². The summed E-state index contributed by atoms with van der Waals surface area (Å²) in [6.45, 7) is 3.41. The molecule has 0 saturated heterocycles. The zero-order chi connectivity index (χ0) is 24.6. The molecule has 0 radical (unpaired) electrons. The van der Waals surface area contributed by atoms with Crippen LogP contribution in [0.5, 0.6) is 5.75 Å². The molecule has 0 spiro atoms. The third-order valence-electron chi connectivity index (χ3n) is 5.37. The Morgan fingerprint density at radius 1 is 1.12 bits per heavy atom. The first-order valence-corrected chi connectivity index (χ1v) is 11.4. The average Bonchev–Trinajstić information content (AvgIpc) is 3.59. The lowest BCUT2D eigenvalue weighted by Gasteiger charge is -2.28. The zero-order valence-electron chi connectivity index (χ0n) is 20.3. The number of aromatic amines is 1. The number of H-pyrrole nitrogens is 1. The first-order valence-electron chi connectivity index (χ1n) is 11.9. The molecule has 0 saturated carbocycles. The van der Waals surface area contributed by atoms with Crippen molar-refractivity contribution in [2.75, 3.05) is 6.61 Å². The molecule has 2 aromatic heterocycles. The number of unbranched alkanes of at least 4 members (excludes halogenated alkanes) is 1. The van der Waals surface area contributed by atoms with Gasteiger partial charge >= 0.3 is 0 Å². The van der Waals surface area contributed by atoms with Gasteiger partial charge in [0.1, 0.15) is 11.5 Å². The summed E-state index contributed by atoms with van der Waals surface area (Å²) < 4.78 is 20.4. The Labute approximate surface area is 200 Å². The molecule has 1 unspecified atom stereocenters. The topological polar surface area (TPSA) is 97.1 Å². The van der Waals surface area contributed by atoms with Gasteiger partial charge in [-0.3, -0.25) is 4.79 Å². The summed E-state index contributed by atoms with van der Waals surface area (Å²) >= 11 is 0. The number of carbonyl (C=O) groups is 1. The average molecular weight is 461 g/mol. The maximum absolute atomic E-state index is 13.4. The van der Waals surface area contributed by atoms with Gasteiger partial charge in [-0.05, 0) is 57.0 Å². The number of carbonyl (C=O) groups excluding carboxylic acids is 1. The van der Waals surface area contributed by atoms with Gasteiger partial charge in [-0.1, -0.05) is 35.5 Å². The van der Waals surface area contributed by atoms with E-state index >= 15 is 0 Å². The van der Waals surface area contributed by atoms with Crippen LogP contribution in [0.25, 0.3) is 11.3 Å². The Kier molecular flexibility index (Phi) is 7.25. The predicted octanol–water partition coefficient (Wildman–Crippen LogP) is 4.91. The first kappa shape index (κ1) is 21.9. The van der Waals surface area contributed by atoms with Crippen molar-refractivity contribution in [1.29, 1.82) is 0 Å². The van der Waals surface area contributed by atoms with Crippen LogP contribution in [0.2, 0.25) is 0 Å². The number of benzene rings is 2. The lowest BCUT2D eigenvalue weighted by molar-refractivity contribution is 0.0688. The number of ether oxygens (including phenoxy) is 1. The largest absolute Gasteiger partial charge is 0.493 e. The Morgan fingerprint density at radius 3 is 2.65 bits per heavy atom. The van der Waals surface area contributed by atoms with Crippen molar-refractivity contribution in [3.05, 3.63) is 83.9 Å². The molecule has 1 amide bonds. The highest BCUT2D eigenvalue weighted by Crippen LogP contribution is 2.24. The van der Waals surface area contributed by atoms with Crippen LogP contribution in [0, 0.1) is 0 Å². The molecular weight excluding hydrogens is 430 g/mol. The summed E-state index contributed by atoms with van der Waals surface area (Å²) in [7, 11) is 0. The lowest BCUT2D eigenvalue weighted by atomic mass is 10.1. The number of aryl methyl sites for hydroxylation is 1. The van der Waals surface area contributed by atoms with Crippen LogP contribution >= 0.6 is 0 Å². The Morgan fingerprint density at radius 2 is 1.94 bits per heavy atom. The maximum atomic E-state index is 13.4. The summed E-state index contributed by atoms with van der Waals surface area (Å²) in [5.41, 5.74) is 2.06. The second kappa shape index (κ2) is 11.3. The fourth-order valence-electron chi connectivity index (χ4n) is 3.54. The van der Waals surface area contributed by atoms with Crippen molar-refractivity contribution in [3.63, 3.8) is 0 Å². The fraction of sp³-hybridized carbons (Fsp3) is 0.308. The van der Waals surface area contributed by atoms with E-state index in [1.165, 1.54) is 0 Å². The van der Waals surface area contributed by atoms with Gasteiger partial charge in [-0.15, -0.1) is 10.2 Å². The molecule has 0 fully saturated rings. The number of furan rings is 1. The van der Waals surface area contributed by atoms with E-state index in [0.29, 0.717) is 29.3 Å². The van der Waals surface area contributed by atoms with Crippen LogP contribution in [0.15, 0.2) is 71.3 Å². The predicted molar refractivity (Wildman–Crippen MR) is 128 cm³/mol. The number of hydrogen-bond acceptors (Lipinski definition) is 6. The van der Waals surface area contributed by atoms with E-state index in [1.807, 2.05) is 62.4 Å². The molecular formula is C26H29N5O3. The van der Waals surface area contributed by atoms with Crippen LogP contribution in [-0.2, 0) is 12.9 Å². The van der Waals surface area contributed by atoms with Crippen molar-refractivity contribution >= 4 is 5.91 Å². The van der Waals surface area contributed by atoms with Crippen LogP contribution in [-0.4, -0.2) is 44.1 Å². The minimum absolute atomic E-state index is 0.183. The maximum Gasteiger partial charge on any atom is 0.254 e. The molecule has 34 heavy (non-hydrogen) atoms. The number of aromatic nitrogens is 4. The third kappa shape index (κ3) is 5.89. The summed E-state index contributed by atoms with van der Waals surface area (Å²) in [4.78, 5) is 15.0. The van der Waals surface area contributed by atoms with E-state index in [0.717, 1.165) is 30.6 Å². The van der Waals surface area contributed by atoms with E-state index in [1.54, 1.807) is 23.3 Å². The Bertz CT molecular complexity index is 1190. The van der Waals surface area contributed by atoms with Gasteiger partial charge < -0.3 is 14.1 Å². The molecule has 0 bridgehead atoms. The zero-order valence-corrected chi connectivity index (χ0v) is 19.3. The van der Waals surface area contributed by atoms with E-state index in [9.17, 15) is 4.79 Å². The first-order chi connectivity index (χ1) is 17.0. The summed E-state index contributed by atoms with van der Waals surface area (Å²) in [6.07, 6.45) is 4.00. The molecule has 8 nitrogen and oxygen atoms in total.